The van der Waals surface area contributed by atoms with Crippen molar-refractivity contribution >= 4 is 29.1 Å². The smallest absolute Gasteiger partial charge is 0.227 e. The zero-order chi connectivity index (χ0) is 17.4. The normalized spacial score (nSPS) is 25.8. The number of hydrogen-bond donors (Lipinski definition) is 1. The second-order valence-corrected chi connectivity index (χ2v) is 7.86. The predicted molar refractivity (Wildman–Crippen MR) is 102 cm³/mol. The zero-order valence-electron chi connectivity index (χ0n) is 14.1. The van der Waals surface area contributed by atoms with Gasteiger partial charge in [0, 0.05) is 24.1 Å². The fraction of sp³-hybridized carbons (Fsp3) is 0.350. The molecular formula is C20H20Cl2N2O. The second kappa shape index (κ2) is 6.54. The van der Waals surface area contributed by atoms with E-state index in [-0.39, 0.29) is 0 Å². The maximum atomic E-state index is 6.87. The molecule has 2 aliphatic carbocycles. The van der Waals surface area contributed by atoms with Gasteiger partial charge in [0.2, 0.25) is 5.88 Å². The van der Waals surface area contributed by atoms with Crippen molar-refractivity contribution in [3.63, 3.8) is 0 Å². The van der Waals surface area contributed by atoms with Crippen molar-refractivity contribution in [2.75, 3.05) is 12.4 Å². The largest absolute Gasteiger partial charge is 0.357 e. The first-order chi connectivity index (χ1) is 12.1. The molecule has 2 aromatic rings. The van der Waals surface area contributed by atoms with Gasteiger partial charge in [-0.05, 0) is 36.3 Å². The highest BCUT2D eigenvalue weighted by molar-refractivity contribution is 6.32. The molecule has 130 valence electrons. The van der Waals surface area contributed by atoms with E-state index in [4.69, 9.17) is 27.7 Å². The summed E-state index contributed by atoms with van der Waals surface area (Å²) in [4.78, 5) is -0.561. The van der Waals surface area contributed by atoms with E-state index >= 15 is 0 Å². The average molecular weight is 375 g/mol. The molecule has 4 rings (SSSR count). The zero-order valence-corrected chi connectivity index (χ0v) is 15.6. The van der Waals surface area contributed by atoms with E-state index in [1.54, 1.807) is 0 Å². The van der Waals surface area contributed by atoms with Gasteiger partial charge in [-0.2, -0.15) is 0 Å². The molecule has 5 heteroatoms. The van der Waals surface area contributed by atoms with Gasteiger partial charge in [-0.25, -0.2) is 0 Å². The molecule has 0 amide bonds. The van der Waals surface area contributed by atoms with E-state index in [1.165, 1.54) is 11.1 Å². The van der Waals surface area contributed by atoms with Gasteiger partial charge >= 0.3 is 0 Å². The van der Waals surface area contributed by atoms with E-state index in [0.717, 1.165) is 41.4 Å². The fourth-order valence-corrected chi connectivity index (χ4v) is 4.66. The number of nitrogens with one attached hydrogen (secondary N) is 1. The van der Waals surface area contributed by atoms with Gasteiger partial charge in [-0.3, -0.25) is 0 Å². The van der Waals surface area contributed by atoms with Crippen LogP contribution in [0.2, 0.25) is 0 Å². The first-order valence-corrected chi connectivity index (χ1v) is 9.33. The van der Waals surface area contributed by atoms with Crippen molar-refractivity contribution in [1.82, 2.24) is 5.16 Å². The third kappa shape index (κ3) is 3.00. The Kier molecular flexibility index (Phi) is 4.38. The third-order valence-electron chi connectivity index (χ3n) is 5.22. The standard InChI is InChI=1S/C20H20Cl2N2O/c1-23-19-16-11-13(7-8-18(16)24-25-19)15-9-10-20(22,12-17(15)21)14-5-3-2-4-6-14/h2-6,9-10,13,23H,7-8,11-12H2,1H3. The Hall–Kier alpha value is -1.71. The van der Waals surface area contributed by atoms with Crippen molar-refractivity contribution in [2.24, 2.45) is 5.92 Å². The molecule has 0 saturated carbocycles. The number of allylic oxidation sites excluding steroid dienone is 4. The van der Waals surface area contributed by atoms with Crippen LogP contribution in [-0.4, -0.2) is 12.2 Å². The minimum absolute atomic E-state index is 0.375. The molecule has 0 aliphatic heterocycles. The molecule has 0 saturated heterocycles. The third-order valence-corrected chi connectivity index (χ3v) is 6.05. The van der Waals surface area contributed by atoms with Gasteiger partial charge in [0.15, 0.2) is 0 Å². The quantitative estimate of drug-likeness (QED) is 0.729. The van der Waals surface area contributed by atoms with Crippen LogP contribution in [0, 0.1) is 5.92 Å². The molecule has 0 bridgehead atoms. The Morgan fingerprint density at radius 1 is 1.28 bits per heavy atom. The molecule has 3 nitrogen and oxygen atoms in total. The number of aromatic nitrogens is 1. The Bertz CT molecular complexity index is 827. The molecule has 2 atom stereocenters. The van der Waals surface area contributed by atoms with E-state index < -0.39 is 4.87 Å². The van der Waals surface area contributed by atoms with Crippen LogP contribution < -0.4 is 5.32 Å². The van der Waals surface area contributed by atoms with Crippen molar-refractivity contribution < 1.29 is 4.52 Å². The lowest BCUT2D eigenvalue weighted by molar-refractivity contribution is 0.422. The lowest BCUT2D eigenvalue weighted by atomic mass is 9.78. The minimum Gasteiger partial charge on any atom is -0.357 e. The summed E-state index contributed by atoms with van der Waals surface area (Å²) >= 11 is 13.6. The number of anilines is 1. The molecule has 1 N–H and O–H groups in total. The first-order valence-electron chi connectivity index (χ1n) is 8.58. The summed E-state index contributed by atoms with van der Waals surface area (Å²) in [7, 11) is 1.86. The summed E-state index contributed by atoms with van der Waals surface area (Å²) in [5.74, 6) is 1.15. The Balaban J connectivity index is 1.59. The van der Waals surface area contributed by atoms with Gasteiger partial charge in [-0.15, -0.1) is 11.6 Å². The summed E-state index contributed by atoms with van der Waals surface area (Å²) in [6.45, 7) is 0. The molecule has 0 radical (unpaired) electrons. The fourth-order valence-electron chi connectivity index (χ4n) is 3.84. The molecular weight excluding hydrogens is 355 g/mol. The van der Waals surface area contributed by atoms with Crippen molar-refractivity contribution in [1.29, 1.82) is 0 Å². The summed E-state index contributed by atoms with van der Waals surface area (Å²) in [5.41, 5.74) is 4.51. The number of nitrogens with zero attached hydrogens (tertiary/aromatic N) is 1. The number of aryl methyl sites for hydroxylation is 1. The van der Waals surface area contributed by atoms with E-state index in [1.807, 2.05) is 25.2 Å². The lowest BCUT2D eigenvalue weighted by Gasteiger charge is -2.32. The number of rotatable bonds is 3. The highest BCUT2D eigenvalue weighted by Gasteiger charge is 2.34. The number of halogens is 2. The van der Waals surface area contributed by atoms with Crippen LogP contribution in [0.25, 0.3) is 0 Å². The number of hydrogen-bond acceptors (Lipinski definition) is 3. The van der Waals surface area contributed by atoms with Crippen LogP contribution in [0.5, 0.6) is 0 Å². The first kappa shape index (κ1) is 16.7. The predicted octanol–water partition coefficient (Wildman–Crippen LogP) is 5.41. The number of benzene rings is 1. The lowest BCUT2D eigenvalue weighted by Crippen LogP contribution is -2.23. The minimum atomic E-state index is -0.561. The molecule has 1 aromatic heterocycles. The SMILES string of the molecule is CNc1onc2c1CC(C1=C(Cl)CC(Cl)(c3ccccc3)C=C1)CC2. The van der Waals surface area contributed by atoms with Crippen molar-refractivity contribution in [3.05, 3.63) is 69.9 Å². The van der Waals surface area contributed by atoms with Crippen molar-refractivity contribution in [3.8, 4) is 0 Å². The van der Waals surface area contributed by atoms with Crippen LogP contribution in [0.3, 0.4) is 0 Å². The van der Waals surface area contributed by atoms with Gasteiger partial charge in [0.25, 0.3) is 0 Å². The molecule has 2 aliphatic rings. The van der Waals surface area contributed by atoms with Gasteiger partial charge < -0.3 is 9.84 Å². The Morgan fingerprint density at radius 2 is 2.08 bits per heavy atom. The van der Waals surface area contributed by atoms with Gasteiger partial charge in [-0.1, -0.05) is 59.2 Å². The second-order valence-electron chi connectivity index (χ2n) is 6.73. The van der Waals surface area contributed by atoms with E-state index in [9.17, 15) is 0 Å². The molecule has 25 heavy (non-hydrogen) atoms. The maximum absolute atomic E-state index is 6.87. The van der Waals surface area contributed by atoms with Crippen LogP contribution in [0.1, 0.15) is 29.7 Å². The molecule has 1 heterocycles. The summed E-state index contributed by atoms with van der Waals surface area (Å²) in [6, 6.07) is 10.1. The highest BCUT2D eigenvalue weighted by Crippen LogP contribution is 2.46. The number of fused-ring (bicyclic) bond motifs is 1. The summed E-state index contributed by atoms with van der Waals surface area (Å²) in [6.07, 6.45) is 7.67. The van der Waals surface area contributed by atoms with Gasteiger partial charge in [0.05, 0.1) is 10.6 Å². The van der Waals surface area contributed by atoms with Gasteiger partial charge in [0.1, 0.15) is 0 Å². The number of alkyl halides is 1. The highest BCUT2D eigenvalue weighted by atomic mass is 35.5. The Morgan fingerprint density at radius 3 is 2.80 bits per heavy atom. The average Bonchev–Trinajstić information content (AvgIpc) is 3.05. The molecule has 1 aromatic carbocycles. The van der Waals surface area contributed by atoms with Crippen LogP contribution in [0.4, 0.5) is 5.88 Å². The van der Waals surface area contributed by atoms with Crippen LogP contribution >= 0.6 is 23.2 Å². The molecule has 2 unspecified atom stereocenters. The van der Waals surface area contributed by atoms with Crippen molar-refractivity contribution in [2.45, 2.75) is 30.6 Å². The summed E-state index contributed by atoms with van der Waals surface area (Å²) in [5, 5.41) is 8.11. The summed E-state index contributed by atoms with van der Waals surface area (Å²) < 4.78 is 5.37. The molecule has 0 spiro atoms. The Labute approximate surface area is 157 Å². The van der Waals surface area contributed by atoms with Crippen LogP contribution in [-0.2, 0) is 17.7 Å². The monoisotopic (exact) mass is 374 g/mol. The van der Waals surface area contributed by atoms with E-state index in [0.29, 0.717) is 12.3 Å². The van der Waals surface area contributed by atoms with E-state index in [2.05, 4.69) is 34.8 Å². The maximum Gasteiger partial charge on any atom is 0.227 e. The van der Waals surface area contributed by atoms with Crippen LogP contribution in [0.15, 0.2) is 57.6 Å². The topological polar surface area (TPSA) is 38.1 Å². The molecule has 0 fully saturated rings.